The molecular formula is C16H16FNO. The molecule has 0 aromatic heterocycles. The first-order valence-corrected chi connectivity index (χ1v) is 6.55. The predicted molar refractivity (Wildman–Crippen MR) is 72.5 cm³/mol. The number of hydrogen-bond donors (Lipinski definition) is 1. The lowest BCUT2D eigenvalue weighted by Gasteiger charge is -2.13. The zero-order chi connectivity index (χ0) is 13.2. The number of nitrogens with one attached hydrogen (secondary N) is 1. The van der Waals surface area contributed by atoms with Gasteiger partial charge < -0.3 is 10.1 Å². The van der Waals surface area contributed by atoms with E-state index in [0.29, 0.717) is 0 Å². The van der Waals surface area contributed by atoms with E-state index >= 15 is 0 Å². The van der Waals surface area contributed by atoms with E-state index in [2.05, 4.69) is 30.5 Å². The highest BCUT2D eigenvalue weighted by molar-refractivity contribution is 5.38. The molecule has 1 atom stereocenters. The quantitative estimate of drug-likeness (QED) is 0.866. The third-order valence-corrected chi connectivity index (χ3v) is 3.39. The molecule has 0 amide bonds. The van der Waals surface area contributed by atoms with Crippen molar-refractivity contribution in [2.24, 2.45) is 0 Å². The Kier molecular flexibility index (Phi) is 3.11. The van der Waals surface area contributed by atoms with Gasteiger partial charge in [0.15, 0.2) is 6.23 Å². The second-order valence-corrected chi connectivity index (χ2v) is 4.71. The summed E-state index contributed by atoms with van der Waals surface area (Å²) in [4.78, 5) is 0. The SMILES string of the molecule is CCC1=CC2=C(CC=C1)OC(c1ccc(F)cc1)N2. The standard InChI is InChI=1S/C16H16FNO/c1-2-11-4-3-5-15-14(10-11)18-16(19-15)12-6-8-13(17)9-7-12/h3-4,6-10,16,18H,2,5H2,1H3. The van der Waals surface area contributed by atoms with Gasteiger partial charge in [-0.15, -0.1) is 0 Å². The molecule has 1 aliphatic heterocycles. The molecule has 1 aromatic carbocycles. The maximum absolute atomic E-state index is 12.9. The van der Waals surface area contributed by atoms with Crippen LogP contribution >= 0.6 is 0 Å². The Balaban J connectivity index is 1.81. The van der Waals surface area contributed by atoms with E-state index in [0.717, 1.165) is 29.9 Å². The van der Waals surface area contributed by atoms with Crippen LogP contribution in [-0.4, -0.2) is 0 Å². The van der Waals surface area contributed by atoms with Gasteiger partial charge in [0.05, 0.1) is 5.70 Å². The van der Waals surface area contributed by atoms with Crippen molar-refractivity contribution in [2.45, 2.75) is 26.0 Å². The molecule has 3 rings (SSSR count). The second-order valence-electron chi connectivity index (χ2n) is 4.71. The molecule has 19 heavy (non-hydrogen) atoms. The average molecular weight is 257 g/mol. The summed E-state index contributed by atoms with van der Waals surface area (Å²) < 4.78 is 18.8. The monoisotopic (exact) mass is 257 g/mol. The lowest BCUT2D eigenvalue weighted by atomic mass is 10.1. The number of benzene rings is 1. The van der Waals surface area contributed by atoms with Crippen molar-refractivity contribution in [2.75, 3.05) is 0 Å². The van der Waals surface area contributed by atoms with Crippen molar-refractivity contribution in [3.63, 3.8) is 0 Å². The summed E-state index contributed by atoms with van der Waals surface area (Å²) in [6.07, 6.45) is 7.95. The van der Waals surface area contributed by atoms with Crippen LogP contribution in [0.5, 0.6) is 0 Å². The molecular weight excluding hydrogens is 241 g/mol. The van der Waals surface area contributed by atoms with Gasteiger partial charge in [-0.3, -0.25) is 0 Å². The lowest BCUT2D eigenvalue weighted by molar-refractivity contribution is 0.126. The van der Waals surface area contributed by atoms with E-state index in [9.17, 15) is 4.39 Å². The Bertz CT molecular complexity index is 569. The fourth-order valence-electron chi connectivity index (χ4n) is 2.30. The minimum atomic E-state index is -0.229. The smallest absolute Gasteiger partial charge is 0.196 e. The molecule has 3 heteroatoms. The maximum atomic E-state index is 12.9. The van der Waals surface area contributed by atoms with Gasteiger partial charge in [0.1, 0.15) is 11.6 Å². The Hall–Kier alpha value is -2.03. The van der Waals surface area contributed by atoms with Gasteiger partial charge in [-0.25, -0.2) is 4.39 Å². The van der Waals surface area contributed by atoms with Gasteiger partial charge in [-0.05, 0) is 30.2 Å². The summed E-state index contributed by atoms with van der Waals surface area (Å²) in [5, 5.41) is 3.35. The summed E-state index contributed by atoms with van der Waals surface area (Å²) in [5.41, 5.74) is 3.25. The first-order chi connectivity index (χ1) is 9.26. The van der Waals surface area contributed by atoms with Crippen LogP contribution in [-0.2, 0) is 4.74 Å². The van der Waals surface area contributed by atoms with E-state index in [1.807, 2.05) is 0 Å². The minimum Gasteiger partial charge on any atom is -0.468 e. The molecule has 0 radical (unpaired) electrons. The third-order valence-electron chi connectivity index (χ3n) is 3.39. The maximum Gasteiger partial charge on any atom is 0.196 e. The van der Waals surface area contributed by atoms with Gasteiger partial charge in [0.25, 0.3) is 0 Å². The number of rotatable bonds is 2. The summed E-state index contributed by atoms with van der Waals surface area (Å²) >= 11 is 0. The number of halogens is 1. The Morgan fingerprint density at radius 1 is 1.32 bits per heavy atom. The molecule has 0 saturated carbocycles. The molecule has 2 aliphatic rings. The predicted octanol–water partition coefficient (Wildman–Crippen LogP) is 3.95. The van der Waals surface area contributed by atoms with Crippen molar-refractivity contribution in [3.05, 3.63) is 70.9 Å². The van der Waals surface area contributed by atoms with E-state index in [4.69, 9.17) is 4.74 Å². The highest BCUT2D eigenvalue weighted by atomic mass is 19.1. The summed E-state index contributed by atoms with van der Waals surface area (Å²) in [6.45, 7) is 2.13. The normalized spacial score (nSPS) is 21.4. The number of hydrogen-bond acceptors (Lipinski definition) is 2. The zero-order valence-corrected chi connectivity index (χ0v) is 10.8. The van der Waals surface area contributed by atoms with Crippen LogP contribution in [0.1, 0.15) is 31.6 Å². The first kappa shape index (κ1) is 12.0. The summed E-state index contributed by atoms with van der Waals surface area (Å²) in [6, 6.07) is 6.41. The Morgan fingerprint density at radius 3 is 2.84 bits per heavy atom. The van der Waals surface area contributed by atoms with E-state index in [1.165, 1.54) is 17.7 Å². The molecule has 0 fully saturated rings. The van der Waals surface area contributed by atoms with Gasteiger partial charge in [0, 0.05) is 12.0 Å². The molecule has 0 spiro atoms. The number of allylic oxidation sites excluding steroid dienone is 4. The van der Waals surface area contributed by atoms with E-state index in [-0.39, 0.29) is 12.0 Å². The van der Waals surface area contributed by atoms with Crippen molar-refractivity contribution >= 4 is 0 Å². The molecule has 1 heterocycles. The number of ether oxygens (including phenoxy) is 1. The fourth-order valence-corrected chi connectivity index (χ4v) is 2.30. The van der Waals surface area contributed by atoms with Crippen molar-refractivity contribution in [1.82, 2.24) is 5.32 Å². The van der Waals surface area contributed by atoms with Gasteiger partial charge in [-0.2, -0.15) is 0 Å². The molecule has 98 valence electrons. The highest BCUT2D eigenvalue weighted by Gasteiger charge is 2.25. The second kappa shape index (κ2) is 4.92. The molecule has 1 aliphatic carbocycles. The molecule has 2 nitrogen and oxygen atoms in total. The zero-order valence-electron chi connectivity index (χ0n) is 10.8. The van der Waals surface area contributed by atoms with Crippen molar-refractivity contribution in [1.29, 1.82) is 0 Å². The molecule has 1 unspecified atom stereocenters. The van der Waals surface area contributed by atoms with Crippen LogP contribution in [0.25, 0.3) is 0 Å². The fraction of sp³-hybridized carbons (Fsp3) is 0.250. The molecule has 1 N–H and O–H groups in total. The van der Waals surface area contributed by atoms with Crippen LogP contribution in [0.15, 0.2) is 59.5 Å². The average Bonchev–Trinajstić information content (AvgIpc) is 2.72. The Morgan fingerprint density at radius 2 is 2.11 bits per heavy atom. The molecule has 0 bridgehead atoms. The highest BCUT2D eigenvalue weighted by Crippen LogP contribution is 2.32. The van der Waals surface area contributed by atoms with Crippen molar-refractivity contribution in [3.8, 4) is 0 Å². The molecule has 0 saturated heterocycles. The lowest BCUT2D eigenvalue weighted by Crippen LogP contribution is -2.14. The summed E-state index contributed by atoms with van der Waals surface area (Å²) in [7, 11) is 0. The van der Waals surface area contributed by atoms with Crippen LogP contribution in [0, 0.1) is 5.82 Å². The van der Waals surface area contributed by atoms with Gasteiger partial charge in [0.2, 0.25) is 0 Å². The van der Waals surface area contributed by atoms with Crippen LogP contribution in [0.2, 0.25) is 0 Å². The van der Waals surface area contributed by atoms with Crippen molar-refractivity contribution < 1.29 is 9.13 Å². The largest absolute Gasteiger partial charge is 0.468 e. The Labute approximate surface area is 112 Å². The van der Waals surface area contributed by atoms with Crippen LogP contribution < -0.4 is 5.32 Å². The summed E-state index contributed by atoms with van der Waals surface area (Å²) in [5.74, 6) is 0.724. The van der Waals surface area contributed by atoms with E-state index in [1.54, 1.807) is 12.1 Å². The molecule has 1 aromatic rings. The van der Waals surface area contributed by atoms with Gasteiger partial charge in [-0.1, -0.05) is 31.2 Å². The van der Waals surface area contributed by atoms with Crippen LogP contribution in [0.4, 0.5) is 4.39 Å². The first-order valence-electron chi connectivity index (χ1n) is 6.55. The van der Waals surface area contributed by atoms with Crippen LogP contribution in [0.3, 0.4) is 0 Å². The topological polar surface area (TPSA) is 21.3 Å². The minimum absolute atomic E-state index is 0.216. The van der Waals surface area contributed by atoms with E-state index < -0.39 is 0 Å². The third kappa shape index (κ3) is 2.41. The van der Waals surface area contributed by atoms with Gasteiger partial charge >= 0.3 is 0 Å².